The largest absolute Gasteiger partial charge is 0.493 e. The normalized spacial score (nSPS) is 11.3. The van der Waals surface area contributed by atoms with Gasteiger partial charge in [0.1, 0.15) is 13.2 Å². The molecule has 0 atom stereocenters. The second kappa shape index (κ2) is 13.5. The van der Waals surface area contributed by atoms with Gasteiger partial charge in [0, 0.05) is 0 Å². The maximum absolute atomic E-state index is 13.5. The number of aryl methyl sites for hydroxylation is 2. The van der Waals surface area contributed by atoms with Crippen LogP contribution in [-0.4, -0.2) is 34.2 Å². The summed E-state index contributed by atoms with van der Waals surface area (Å²) in [5.74, 6) is 0.414. The number of carbonyl (C=O) groups excluding carboxylic acids is 1. The van der Waals surface area contributed by atoms with E-state index in [2.05, 4.69) is 26.5 Å². The van der Waals surface area contributed by atoms with Gasteiger partial charge in [-0.25, -0.2) is 13.8 Å². The van der Waals surface area contributed by atoms with Gasteiger partial charge in [-0.3, -0.25) is 9.10 Å². The number of nitrogens with zero attached hydrogens (tertiary/aromatic N) is 2. The van der Waals surface area contributed by atoms with Crippen molar-refractivity contribution in [2.75, 3.05) is 18.0 Å². The van der Waals surface area contributed by atoms with Crippen LogP contribution in [0.1, 0.15) is 22.3 Å². The van der Waals surface area contributed by atoms with Crippen molar-refractivity contribution < 1.29 is 22.7 Å². The molecule has 4 aromatic carbocycles. The first-order valence-electron chi connectivity index (χ1n) is 12.7. The molecule has 0 bridgehead atoms. The van der Waals surface area contributed by atoms with Gasteiger partial charge in [-0.15, -0.1) is 0 Å². The van der Waals surface area contributed by atoms with E-state index in [0.29, 0.717) is 33.8 Å². The Kier molecular flexibility index (Phi) is 9.80. The fourth-order valence-corrected chi connectivity index (χ4v) is 5.89. The quantitative estimate of drug-likeness (QED) is 0.161. The van der Waals surface area contributed by atoms with E-state index >= 15 is 0 Å². The van der Waals surface area contributed by atoms with Crippen LogP contribution in [0.15, 0.2) is 105 Å². The Balaban J connectivity index is 1.48. The molecule has 0 saturated heterocycles. The third-order valence-electron chi connectivity index (χ3n) is 6.10. The van der Waals surface area contributed by atoms with Crippen LogP contribution < -0.4 is 19.2 Å². The van der Waals surface area contributed by atoms with Gasteiger partial charge < -0.3 is 9.47 Å². The van der Waals surface area contributed by atoms with Crippen molar-refractivity contribution in [2.45, 2.75) is 25.3 Å². The Morgan fingerprint density at radius 3 is 2.22 bits per heavy atom. The lowest BCUT2D eigenvalue weighted by atomic mass is 10.2. The smallest absolute Gasteiger partial charge is 0.264 e. The van der Waals surface area contributed by atoms with E-state index in [9.17, 15) is 13.2 Å². The van der Waals surface area contributed by atoms with Crippen LogP contribution in [0, 0.1) is 13.8 Å². The summed E-state index contributed by atoms with van der Waals surface area (Å²) in [5, 5.41) is 4.05. The molecular weight excluding hydrogens is 606 g/mol. The highest BCUT2D eigenvalue weighted by Crippen LogP contribution is 2.37. The van der Waals surface area contributed by atoms with Crippen molar-refractivity contribution in [2.24, 2.45) is 5.10 Å². The number of benzene rings is 4. The average Bonchev–Trinajstić information content (AvgIpc) is 2.96. The maximum atomic E-state index is 13.5. The minimum atomic E-state index is -4.02. The number of nitrogens with one attached hydrogen (secondary N) is 1. The van der Waals surface area contributed by atoms with Gasteiger partial charge in [-0.2, -0.15) is 5.10 Å². The summed E-state index contributed by atoms with van der Waals surface area (Å²) in [6.45, 7) is 3.68. The van der Waals surface area contributed by atoms with Crippen molar-refractivity contribution in [3.8, 4) is 11.5 Å². The summed E-state index contributed by atoms with van der Waals surface area (Å²) in [5.41, 5.74) is 6.34. The number of rotatable bonds is 11. The lowest BCUT2D eigenvalue weighted by Gasteiger charge is -2.24. The molecule has 8 nitrogen and oxygen atoms in total. The van der Waals surface area contributed by atoms with E-state index in [1.807, 2.05) is 44.2 Å². The Morgan fingerprint density at radius 1 is 0.951 bits per heavy atom. The molecule has 4 aromatic rings. The number of methoxy groups -OCH3 is 1. The number of anilines is 1. The molecular formula is C31H30BrN3O5S. The molecule has 4 rings (SSSR count). The first-order chi connectivity index (χ1) is 19.7. The van der Waals surface area contributed by atoms with Gasteiger partial charge in [0.05, 0.1) is 28.4 Å². The third-order valence-corrected chi connectivity index (χ3v) is 8.48. The van der Waals surface area contributed by atoms with E-state index in [1.54, 1.807) is 48.5 Å². The first kappa shape index (κ1) is 29.8. The second-order valence-corrected chi connectivity index (χ2v) is 12.0. The van der Waals surface area contributed by atoms with E-state index in [4.69, 9.17) is 9.47 Å². The van der Waals surface area contributed by atoms with Crippen molar-refractivity contribution in [1.82, 2.24) is 5.43 Å². The fraction of sp³-hybridized carbons (Fsp3) is 0.161. The standard InChI is InChI=1S/C31H30BrN3O5S/c1-22-9-13-26(14-10-22)35(41(37,38)27-15-11-23(2)12-16-27)20-30(36)34-33-19-25-17-28(32)31(29(18-25)39-3)40-21-24-7-5-4-6-8-24/h4-19H,20-21H2,1-3H3,(H,34,36)/b33-19-. The summed E-state index contributed by atoms with van der Waals surface area (Å²) in [7, 11) is -2.48. The van der Waals surface area contributed by atoms with Crippen LogP contribution in [0.3, 0.4) is 0 Å². The lowest BCUT2D eigenvalue weighted by Crippen LogP contribution is -2.39. The lowest BCUT2D eigenvalue weighted by molar-refractivity contribution is -0.119. The van der Waals surface area contributed by atoms with Crippen LogP contribution in [0.2, 0.25) is 0 Å². The Labute approximate surface area is 248 Å². The predicted octanol–water partition coefficient (Wildman–Crippen LogP) is 6.00. The minimum absolute atomic E-state index is 0.0893. The maximum Gasteiger partial charge on any atom is 0.264 e. The third kappa shape index (κ3) is 7.74. The van der Waals surface area contributed by atoms with Gasteiger partial charge in [0.15, 0.2) is 11.5 Å². The minimum Gasteiger partial charge on any atom is -0.493 e. The number of hydrogen-bond donors (Lipinski definition) is 1. The number of hydrogen-bond acceptors (Lipinski definition) is 6. The van der Waals surface area contributed by atoms with Crippen LogP contribution in [0.5, 0.6) is 11.5 Å². The van der Waals surface area contributed by atoms with Crippen LogP contribution >= 0.6 is 15.9 Å². The van der Waals surface area contributed by atoms with Crippen molar-refractivity contribution >= 4 is 43.8 Å². The Morgan fingerprint density at radius 2 is 1.59 bits per heavy atom. The monoisotopic (exact) mass is 635 g/mol. The summed E-state index contributed by atoms with van der Waals surface area (Å²) < 4.78 is 40.2. The summed E-state index contributed by atoms with van der Waals surface area (Å²) in [4.78, 5) is 13.0. The van der Waals surface area contributed by atoms with Crippen molar-refractivity contribution in [3.05, 3.63) is 118 Å². The number of amides is 1. The average molecular weight is 637 g/mol. The molecule has 41 heavy (non-hydrogen) atoms. The van der Waals surface area contributed by atoms with E-state index in [-0.39, 0.29) is 4.90 Å². The topological polar surface area (TPSA) is 97.3 Å². The van der Waals surface area contributed by atoms with E-state index in [1.165, 1.54) is 25.5 Å². The molecule has 212 valence electrons. The Bertz CT molecular complexity index is 1630. The molecule has 0 aliphatic heterocycles. The first-order valence-corrected chi connectivity index (χ1v) is 14.9. The van der Waals surface area contributed by atoms with E-state index in [0.717, 1.165) is 21.0 Å². The zero-order valence-electron chi connectivity index (χ0n) is 22.9. The molecule has 1 amide bonds. The molecule has 0 spiro atoms. The van der Waals surface area contributed by atoms with Gasteiger partial charge in [0.25, 0.3) is 15.9 Å². The van der Waals surface area contributed by atoms with E-state index < -0.39 is 22.5 Å². The van der Waals surface area contributed by atoms with Gasteiger partial charge in [-0.05, 0) is 77.3 Å². The van der Waals surface area contributed by atoms with Gasteiger partial charge in [-0.1, -0.05) is 65.7 Å². The number of hydrazone groups is 1. The van der Waals surface area contributed by atoms with Crippen LogP contribution in [-0.2, 0) is 21.4 Å². The molecule has 0 saturated carbocycles. The van der Waals surface area contributed by atoms with Crippen molar-refractivity contribution in [3.63, 3.8) is 0 Å². The highest BCUT2D eigenvalue weighted by Gasteiger charge is 2.27. The fourth-order valence-electron chi connectivity index (χ4n) is 3.89. The number of halogens is 1. The summed E-state index contributed by atoms with van der Waals surface area (Å²) >= 11 is 3.52. The highest BCUT2D eigenvalue weighted by molar-refractivity contribution is 9.10. The highest BCUT2D eigenvalue weighted by atomic mass is 79.9. The van der Waals surface area contributed by atoms with Crippen LogP contribution in [0.4, 0.5) is 5.69 Å². The molecule has 1 N–H and O–H groups in total. The molecule has 0 unspecified atom stereocenters. The summed E-state index contributed by atoms with van der Waals surface area (Å²) in [6.07, 6.45) is 1.44. The molecule has 0 aliphatic carbocycles. The molecule has 0 fully saturated rings. The number of ether oxygens (including phenoxy) is 2. The number of sulfonamides is 1. The van der Waals surface area contributed by atoms with Gasteiger partial charge >= 0.3 is 0 Å². The van der Waals surface area contributed by atoms with Crippen molar-refractivity contribution in [1.29, 1.82) is 0 Å². The molecule has 0 aliphatic rings. The van der Waals surface area contributed by atoms with Crippen LogP contribution in [0.25, 0.3) is 0 Å². The number of carbonyl (C=O) groups is 1. The zero-order valence-corrected chi connectivity index (χ0v) is 25.3. The zero-order chi connectivity index (χ0) is 29.4. The molecule has 10 heteroatoms. The SMILES string of the molecule is COc1cc(/C=N\NC(=O)CN(c2ccc(C)cc2)S(=O)(=O)c2ccc(C)cc2)cc(Br)c1OCc1ccccc1. The van der Waals surface area contributed by atoms with Gasteiger partial charge in [0.2, 0.25) is 0 Å². The molecule has 0 heterocycles. The second-order valence-electron chi connectivity index (χ2n) is 9.26. The molecule has 0 aromatic heterocycles. The molecule has 0 radical (unpaired) electrons. The summed E-state index contributed by atoms with van der Waals surface area (Å²) in [6, 6.07) is 26.7. The predicted molar refractivity (Wildman–Crippen MR) is 164 cm³/mol. The Hall–Kier alpha value is -4.15.